The molecular formula is C15H18N2O. The number of carbonyl (C=O) groups is 1. The lowest BCUT2D eigenvalue weighted by Crippen LogP contribution is -2.24. The number of hydrogen-bond acceptors (Lipinski definition) is 2. The van der Waals surface area contributed by atoms with Crippen molar-refractivity contribution in [3.8, 4) is 0 Å². The molecule has 3 heteroatoms. The number of fused-ring (bicyclic) bond motifs is 1. The van der Waals surface area contributed by atoms with Gasteiger partial charge in [0.05, 0.1) is 5.52 Å². The van der Waals surface area contributed by atoms with Crippen LogP contribution < -0.4 is 5.32 Å². The predicted molar refractivity (Wildman–Crippen MR) is 73.5 cm³/mol. The molecule has 0 radical (unpaired) electrons. The fourth-order valence-electron chi connectivity index (χ4n) is 1.90. The Hall–Kier alpha value is -1.90. The zero-order valence-electron chi connectivity index (χ0n) is 10.9. The van der Waals surface area contributed by atoms with Crippen LogP contribution in [0.25, 0.3) is 10.9 Å². The molecule has 18 heavy (non-hydrogen) atoms. The fourth-order valence-corrected chi connectivity index (χ4v) is 1.90. The zero-order chi connectivity index (χ0) is 13.0. The van der Waals surface area contributed by atoms with Crippen LogP contribution in [0, 0.1) is 6.92 Å². The first-order valence-corrected chi connectivity index (χ1v) is 6.32. The number of carbonyl (C=O) groups excluding carboxylic acids is 1. The molecule has 0 fully saturated rings. The molecule has 0 aliphatic heterocycles. The molecule has 0 saturated heterocycles. The van der Waals surface area contributed by atoms with Crippen molar-refractivity contribution in [2.45, 2.75) is 26.7 Å². The van der Waals surface area contributed by atoms with Gasteiger partial charge in [-0.25, -0.2) is 0 Å². The van der Waals surface area contributed by atoms with Crippen molar-refractivity contribution < 1.29 is 4.79 Å². The van der Waals surface area contributed by atoms with Gasteiger partial charge in [0, 0.05) is 24.0 Å². The van der Waals surface area contributed by atoms with Crippen LogP contribution in [0.2, 0.25) is 0 Å². The highest BCUT2D eigenvalue weighted by atomic mass is 16.1. The van der Waals surface area contributed by atoms with E-state index in [9.17, 15) is 4.79 Å². The average molecular weight is 242 g/mol. The number of nitrogens with one attached hydrogen (secondary N) is 1. The predicted octanol–water partition coefficient (Wildman–Crippen LogP) is 2.61. The van der Waals surface area contributed by atoms with Gasteiger partial charge in [0.25, 0.3) is 0 Å². The Morgan fingerprint density at radius 2 is 2.11 bits per heavy atom. The number of aryl methyl sites for hydroxylation is 1. The molecule has 94 valence electrons. The van der Waals surface area contributed by atoms with Crippen molar-refractivity contribution in [1.82, 2.24) is 10.3 Å². The monoisotopic (exact) mass is 242 g/mol. The molecule has 1 heterocycles. The highest BCUT2D eigenvalue weighted by Crippen LogP contribution is 2.14. The lowest BCUT2D eigenvalue weighted by Gasteiger charge is -2.05. The second-order valence-electron chi connectivity index (χ2n) is 4.43. The zero-order valence-corrected chi connectivity index (χ0v) is 10.9. The highest BCUT2D eigenvalue weighted by Gasteiger charge is 2.00. The SMILES string of the molecule is CCC(=O)NCCc1ccc2nc(C)ccc2c1. The lowest BCUT2D eigenvalue weighted by molar-refractivity contribution is -0.120. The minimum atomic E-state index is 0.105. The number of aromatic nitrogens is 1. The number of amides is 1. The number of rotatable bonds is 4. The van der Waals surface area contributed by atoms with Crippen molar-refractivity contribution in [1.29, 1.82) is 0 Å². The van der Waals surface area contributed by atoms with Crippen LogP contribution >= 0.6 is 0 Å². The smallest absolute Gasteiger partial charge is 0.219 e. The molecule has 1 amide bonds. The van der Waals surface area contributed by atoms with Gasteiger partial charge in [0.1, 0.15) is 0 Å². The molecule has 1 aromatic carbocycles. The third-order valence-electron chi connectivity index (χ3n) is 2.95. The van der Waals surface area contributed by atoms with E-state index in [4.69, 9.17) is 0 Å². The van der Waals surface area contributed by atoms with Gasteiger partial charge in [-0.05, 0) is 37.1 Å². The van der Waals surface area contributed by atoms with Crippen molar-refractivity contribution in [3.05, 3.63) is 41.6 Å². The van der Waals surface area contributed by atoms with Crippen LogP contribution in [0.5, 0.6) is 0 Å². The van der Waals surface area contributed by atoms with E-state index in [-0.39, 0.29) is 5.91 Å². The van der Waals surface area contributed by atoms with Crippen molar-refractivity contribution in [3.63, 3.8) is 0 Å². The number of pyridine rings is 1. The molecule has 3 nitrogen and oxygen atoms in total. The van der Waals surface area contributed by atoms with E-state index in [1.807, 2.05) is 26.0 Å². The maximum Gasteiger partial charge on any atom is 0.219 e. The minimum Gasteiger partial charge on any atom is -0.356 e. The van der Waals surface area contributed by atoms with E-state index in [1.54, 1.807) is 0 Å². The number of hydrogen-bond donors (Lipinski definition) is 1. The molecular weight excluding hydrogens is 224 g/mol. The largest absolute Gasteiger partial charge is 0.356 e. The molecule has 0 saturated carbocycles. The summed E-state index contributed by atoms with van der Waals surface area (Å²) in [7, 11) is 0. The van der Waals surface area contributed by atoms with Crippen LogP contribution in [0.15, 0.2) is 30.3 Å². The Morgan fingerprint density at radius 1 is 1.28 bits per heavy atom. The van der Waals surface area contributed by atoms with Crippen molar-refractivity contribution in [2.75, 3.05) is 6.54 Å². The first-order valence-electron chi connectivity index (χ1n) is 6.32. The summed E-state index contributed by atoms with van der Waals surface area (Å²) in [4.78, 5) is 15.6. The van der Waals surface area contributed by atoms with Gasteiger partial charge < -0.3 is 5.32 Å². The van der Waals surface area contributed by atoms with Crippen molar-refractivity contribution >= 4 is 16.8 Å². The van der Waals surface area contributed by atoms with Gasteiger partial charge in [-0.2, -0.15) is 0 Å². The maximum absolute atomic E-state index is 11.1. The highest BCUT2D eigenvalue weighted by molar-refractivity contribution is 5.79. The topological polar surface area (TPSA) is 42.0 Å². The lowest BCUT2D eigenvalue weighted by atomic mass is 10.1. The summed E-state index contributed by atoms with van der Waals surface area (Å²) in [6.45, 7) is 4.55. The van der Waals surface area contributed by atoms with Gasteiger partial charge in [0.15, 0.2) is 0 Å². The Labute approximate surface area is 107 Å². The second kappa shape index (κ2) is 5.63. The van der Waals surface area contributed by atoms with E-state index in [0.717, 1.165) is 23.0 Å². The summed E-state index contributed by atoms with van der Waals surface area (Å²) in [5.74, 6) is 0.105. The van der Waals surface area contributed by atoms with E-state index in [1.165, 1.54) is 5.56 Å². The van der Waals surface area contributed by atoms with Crippen LogP contribution in [0.3, 0.4) is 0 Å². The molecule has 0 aliphatic carbocycles. The van der Waals surface area contributed by atoms with Crippen LogP contribution in [-0.4, -0.2) is 17.4 Å². The maximum atomic E-state index is 11.1. The summed E-state index contributed by atoms with van der Waals surface area (Å²) < 4.78 is 0. The van der Waals surface area contributed by atoms with Crippen LogP contribution in [-0.2, 0) is 11.2 Å². The molecule has 0 atom stereocenters. The molecule has 0 aliphatic rings. The van der Waals surface area contributed by atoms with Gasteiger partial charge in [-0.3, -0.25) is 9.78 Å². The van der Waals surface area contributed by atoms with E-state index in [2.05, 4.69) is 28.5 Å². The second-order valence-corrected chi connectivity index (χ2v) is 4.43. The van der Waals surface area contributed by atoms with Crippen LogP contribution in [0.4, 0.5) is 0 Å². The summed E-state index contributed by atoms with van der Waals surface area (Å²) in [5.41, 5.74) is 3.28. The summed E-state index contributed by atoms with van der Waals surface area (Å²) >= 11 is 0. The quantitative estimate of drug-likeness (QED) is 0.895. The first kappa shape index (κ1) is 12.6. The van der Waals surface area contributed by atoms with Gasteiger partial charge in [-0.1, -0.05) is 19.1 Å². The Kier molecular flexibility index (Phi) is 3.92. The minimum absolute atomic E-state index is 0.105. The Morgan fingerprint density at radius 3 is 2.89 bits per heavy atom. The molecule has 1 N–H and O–H groups in total. The molecule has 0 unspecified atom stereocenters. The Bertz CT molecular complexity index is 563. The summed E-state index contributed by atoms with van der Waals surface area (Å²) in [6, 6.07) is 10.4. The van der Waals surface area contributed by atoms with Crippen molar-refractivity contribution in [2.24, 2.45) is 0 Å². The van der Waals surface area contributed by atoms with Gasteiger partial charge in [-0.15, -0.1) is 0 Å². The molecule has 2 rings (SSSR count). The van der Waals surface area contributed by atoms with Crippen LogP contribution in [0.1, 0.15) is 24.6 Å². The fraction of sp³-hybridized carbons (Fsp3) is 0.333. The summed E-state index contributed by atoms with van der Waals surface area (Å²) in [5, 5.41) is 4.04. The normalized spacial score (nSPS) is 10.6. The molecule has 0 spiro atoms. The van der Waals surface area contributed by atoms with E-state index < -0.39 is 0 Å². The first-order chi connectivity index (χ1) is 8.69. The van der Waals surface area contributed by atoms with E-state index in [0.29, 0.717) is 13.0 Å². The molecule has 2 aromatic rings. The molecule has 0 bridgehead atoms. The average Bonchev–Trinajstić information content (AvgIpc) is 2.38. The standard InChI is InChI=1S/C15H18N2O/c1-3-15(18)16-9-8-12-5-7-14-13(10-12)6-4-11(2)17-14/h4-7,10H,3,8-9H2,1-2H3,(H,16,18). The number of nitrogens with zero attached hydrogens (tertiary/aromatic N) is 1. The van der Waals surface area contributed by atoms with E-state index >= 15 is 0 Å². The summed E-state index contributed by atoms with van der Waals surface area (Å²) in [6.07, 6.45) is 1.40. The number of benzene rings is 1. The molecule has 1 aromatic heterocycles. The third kappa shape index (κ3) is 3.06. The Balaban J connectivity index is 2.06. The van der Waals surface area contributed by atoms with Gasteiger partial charge >= 0.3 is 0 Å². The van der Waals surface area contributed by atoms with Gasteiger partial charge in [0.2, 0.25) is 5.91 Å². The third-order valence-corrected chi connectivity index (χ3v) is 2.95.